The van der Waals surface area contributed by atoms with E-state index in [0.29, 0.717) is 11.4 Å². The molecule has 2 heterocycles. The topological polar surface area (TPSA) is 38.0 Å². The van der Waals surface area contributed by atoms with Crippen LogP contribution in [0.15, 0.2) is 17.5 Å². The molecule has 20 heavy (non-hydrogen) atoms. The van der Waals surface area contributed by atoms with Gasteiger partial charge in [0.1, 0.15) is 0 Å². The van der Waals surface area contributed by atoms with Gasteiger partial charge in [-0.15, -0.1) is 11.3 Å². The summed E-state index contributed by atoms with van der Waals surface area (Å²) in [5.74, 6) is 0. The van der Waals surface area contributed by atoms with Crippen LogP contribution < -0.4 is 0 Å². The second-order valence-corrected chi connectivity index (χ2v) is 6.42. The number of hydrogen-bond donors (Lipinski definition) is 1. The quantitative estimate of drug-likeness (QED) is 0.848. The molecule has 0 amide bonds. The lowest BCUT2D eigenvalue weighted by atomic mass is 10.1. The van der Waals surface area contributed by atoms with Crippen molar-refractivity contribution in [2.45, 2.75) is 45.1 Å². The van der Waals surface area contributed by atoms with Gasteiger partial charge in [0.05, 0.1) is 22.5 Å². The average molecular weight is 313 g/mol. The summed E-state index contributed by atoms with van der Waals surface area (Å²) < 4.78 is 1.80. The molecule has 0 aliphatic heterocycles. The SMILES string of the molecule is CCc1nn(C)c(CC(O)CCCc2cccs2)c1Cl. The molecule has 2 aromatic rings. The van der Waals surface area contributed by atoms with Crippen molar-refractivity contribution in [1.82, 2.24) is 9.78 Å². The molecule has 5 heteroatoms. The molecule has 2 aromatic heterocycles. The molecule has 1 N–H and O–H groups in total. The van der Waals surface area contributed by atoms with Crippen LogP contribution in [-0.4, -0.2) is 21.0 Å². The predicted octanol–water partition coefficient (Wildman–Crippen LogP) is 3.62. The lowest BCUT2D eigenvalue weighted by molar-refractivity contribution is 0.160. The second-order valence-electron chi connectivity index (χ2n) is 5.01. The number of thiophene rings is 1. The van der Waals surface area contributed by atoms with Gasteiger partial charge in [-0.05, 0) is 37.1 Å². The van der Waals surface area contributed by atoms with Gasteiger partial charge in [0.2, 0.25) is 0 Å². The fraction of sp³-hybridized carbons (Fsp3) is 0.533. The van der Waals surface area contributed by atoms with Crippen LogP contribution in [0.5, 0.6) is 0 Å². The second kappa shape index (κ2) is 7.25. The number of nitrogens with zero attached hydrogens (tertiary/aromatic N) is 2. The number of rotatable bonds is 7. The van der Waals surface area contributed by atoms with Crippen molar-refractivity contribution < 1.29 is 5.11 Å². The van der Waals surface area contributed by atoms with Crippen molar-refractivity contribution in [2.75, 3.05) is 0 Å². The Bertz CT molecular complexity index is 536. The number of aromatic nitrogens is 2. The van der Waals surface area contributed by atoms with Gasteiger partial charge in [-0.3, -0.25) is 4.68 Å². The van der Waals surface area contributed by atoms with E-state index in [2.05, 4.69) is 22.6 Å². The summed E-state index contributed by atoms with van der Waals surface area (Å²) in [7, 11) is 1.89. The summed E-state index contributed by atoms with van der Waals surface area (Å²) in [5.41, 5.74) is 1.85. The lowest BCUT2D eigenvalue weighted by Crippen LogP contribution is -2.13. The van der Waals surface area contributed by atoms with Crippen LogP contribution in [-0.2, 0) is 26.3 Å². The minimum Gasteiger partial charge on any atom is -0.393 e. The lowest BCUT2D eigenvalue weighted by Gasteiger charge is -2.10. The van der Waals surface area contributed by atoms with E-state index in [9.17, 15) is 5.11 Å². The average Bonchev–Trinajstić information content (AvgIpc) is 3.02. The fourth-order valence-corrected chi connectivity index (χ4v) is 3.46. The predicted molar refractivity (Wildman–Crippen MR) is 84.6 cm³/mol. The van der Waals surface area contributed by atoms with E-state index in [1.54, 1.807) is 16.0 Å². The Morgan fingerprint density at radius 1 is 1.50 bits per heavy atom. The summed E-state index contributed by atoms with van der Waals surface area (Å²) >= 11 is 8.07. The molecule has 2 rings (SSSR count). The van der Waals surface area contributed by atoms with E-state index in [1.165, 1.54) is 4.88 Å². The Hall–Kier alpha value is -0.840. The highest BCUT2D eigenvalue weighted by Gasteiger charge is 2.16. The maximum absolute atomic E-state index is 10.2. The van der Waals surface area contributed by atoms with Gasteiger partial charge in [-0.2, -0.15) is 5.10 Å². The van der Waals surface area contributed by atoms with Gasteiger partial charge in [-0.1, -0.05) is 24.6 Å². The van der Waals surface area contributed by atoms with Crippen LogP contribution in [0.1, 0.15) is 36.0 Å². The van der Waals surface area contributed by atoms with Gasteiger partial charge < -0.3 is 5.11 Å². The molecule has 0 radical (unpaired) electrons. The van der Waals surface area contributed by atoms with Gasteiger partial charge in [0, 0.05) is 18.3 Å². The number of aliphatic hydroxyl groups is 1. The first-order chi connectivity index (χ1) is 9.61. The molecule has 1 atom stereocenters. The van der Waals surface area contributed by atoms with Crippen LogP contribution in [0.4, 0.5) is 0 Å². The van der Waals surface area contributed by atoms with Gasteiger partial charge >= 0.3 is 0 Å². The van der Waals surface area contributed by atoms with Crippen molar-refractivity contribution in [3.63, 3.8) is 0 Å². The van der Waals surface area contributed by atoms with E-state index in [-0.39, 0.29) is 6.10 Å². The normalized spacial score (nSPS) is 12.8. The standard InChI is InChI=1S/C15H21ClN2OS/c1-3-13-15(16)14(18(2)17-13)10-11(19)6-4-7-12-8-5-9-20-12/h5,8-9,11,19H,3-4,6-7,10H2,1-2H3. The Kier molecular flexibility index (Phi) is 5.64. The number of hydrogen-bond acceptors (Lipinski definition) is 3. The van der Waals surface area contributed by atoms with E-state index in [0.717, 1.165) is 37.1 Å². The van der Waals surface area contributed by atoms with Crippen molar-refractivity contribution >= 4 is 22.9 Å². The molecule has 3 nitrogen and oxygen atoms in total. The maximum atomic E-state index is 10.2. The minimum atomic E-state index is -0.354. The molecule has 0 bridgehead atoms. The molecule has 0 saturated carbocycles. The van der Waals surface area contributed by atoms with E-state index in [4.69, 9.17) is 11.6 Å². The molecule has 0 aliphatic carbocycles. The molecule has 0 fully saturated rings. The largest absolute Gasteiger partial charge is 0.393 e. The van der Waals surface area contributed by atoms with Gasteiger partial charge in [-0.25, -0.2) is 0 Å². The highest BCUT2D eigenvalue weighted by molar-refractivity contribution is 7.09. The maximum Gasteiger partial charge on any atom is 0.0850 e. The van der Waals surface area contributed by atoms with Gasteiger partial charge in [0.25, 0.3) is 0 Å². The molecule has 0 spiro atoms. The number of halogens is 1. The van der Waals surface area contributed by atoms with Crippen LogP contribution >= 0.6 is 22.9 Å². The number of aliphatic hydroxyl groups excluding tert-OH is 1. The zero-order chi connectivity index (χ0) is 14.5. The van der Waals surface area contributed by atoms with Crippen LogP contribution in [0.2, 0.25) is 5.02 Å². The molecule has 110 valence electrons. The zero-order valence-electron chi connectivity index (χ0n) is 12.0. The van der Waals surface area contributed by atoms with Crippen LogP contribution in [0.25, 0.3) is 0 Å². The Morgan fingerprint density at radius 3 is 2.90 bits per heavy atom. The molecular weight excluding hydrogens is 292 g/mol. The summed E-state index contributed by atoms with van der Waals surface area (Å²) in [5, 5.41) is 17.3. The monoisotopic (exact) mass is 312 g/mol. The summed E-state index contributed by atoms with van der Waals surface area (Å²) in [6, 6.07) is 4.21. The summed E-state index contributed by atoms with van der Waals surface area (Å²) in [4.78, 5) is 1.38. The third-order valence-electron chi connectivity index (χ3n) is 3.47. The van der Waals surface area contributed by atoms with Crippen molar-refractivity contribution in [1.29, 1.82) is 0 Å². The van der Waals surface area contributed by atoms with Crippen molar-refractivity contribution in [2.24, 2.45) is 7.05 Å². The highest BCUT2D eigenvalue weighted by atomic mass is 35.5. The third kappa shape index (κ3) is 3.84. The number of aryl methyl sites for hydroxylation is 3. The van der Waals surface area contributed by atoms with Crippen LogP contribution in [0, 0.1) is 0 Å². The van der Waals surface area contributed by atoms with Crippen LogP contribution in [0.3, 0.4) is 0 Å². The van der Waals surface area contributed by atoms with E-state index in [1.807, 2.05) is 14.0 Å². The minimum absolute atomic E-state index is 0.354. The van der Waals surface area contributed by atoms with E-state index < -0.39 is 0 Å². The highest BCUT2D eigenvalue weighted by Crippen LogP contribution is 2.23. The molecule has 1 unspecified atom stereocenters. The summed E-state index contributed by atoms with van der Waals surface area (Å²) in [6.07, 6.45) is 3.87. The first-order valence-electron chi connectivity index (χ1n) is 7.02. The first-order valence-corrected chi connectivity index (χ1v) is 8.28. The Morgan fingerprint density at radius 2 is 2.30 bits per heavy atom. The summed E-state index contributed by atoms with van der Waals surface area (Å²) in [6.45, 7) is 2.04. The molecule has 0 aromatic carbocycles. The van der Waals surface area contributed by atoms with Crippen molar-refractivity contribution in [3.05, 3.63) is 38.8 Å². The third-order valence-corrected chi connectivity index (χ3v) is 4.85. The smallest absolute Gasteiger partial charge is 0.0850 e. The van der Waals surface area contributed by atoms with Crippen molar-refractivity contribution in [3.8, 4) is 0 Å². The zero-order valence-corrected chi connectivity index (χ0v) is 13.5. The Labute approximate surface area is 129 Å². The Balaban J connectivity index is 1.85. The fourth-order valence-electron chi connectivity index (χ4n) is 2.33. The molecule has 0 aliphatic rings. The molecule has 0 saturated heterocycles. The van der Waals surface area contributed by atoms with Gasteiger partial charge in [0.15, 0.2) is 0 Å². The first kappa shape index (κ1) is 15.5. The van der Waals surface area contributed by atoms with E-state index >= 15 is 0 Å². The molecular formula is C15H21ClN2OS.